The standard InChI is InChI=1S/C9H7NO2S2/c1-13-8-3-2-6-5(10-8)4-7(14-6)9(11)12/h2-4H,1H3,(H,11,12). The Morgan fingerprint density at radius 1 is 1.57 bits per heavy atom. The minimum absolute atomic E-state index is 0.339. The lowest BCUT2D eigenvalue weighted by atomic mass is 10.4. The van der Waals surface area contributed by atoms with Crippen molar-refractivity contribution in [3.05, 3.63) is 23.1 Å². The maximum Gasteiger partial charge on any atom is 0.345 e. The molecule has 2 heterocycles. The van der Waals surface area contributed by atoms with Crippen LogP contribution in [0.4, 0.5) is 0 Å². The number of carboxylic acids is 1. The van der Waals surface area contributed by atoms with Gasteiger partial charge in [-0.2, -0.15) is 0 Å². The quantitative estimate of drug-likeness (QED) is 0.798. The summed E-state index contributed by atoms with van der Waals surface area (Å²) < 4.78 is 0.917. The zero-order valence-corrected chi connectivity index (χ0v) is 8.98. The van der Waals surface area contributed by atoms with Crippen molar-refractivity contribution < 1.29 is 9.90 Å². The monoisotopic (exact) mass is 225 g/mol. The van der Waals surface area contributed by atoms with Gasteiger partial charge in [0.05, 0.1) is 15.2 Å². The van der Waals surface area contributed by atoms with E-state index >= 15 is 0 Å². The Labute approximate surface area is 88.8 Å². The molecule has 0 aliphatic rings. The molecular formula is C9H7NO2S2. The molecule has 0 saturated carbocycles. The third-order valence-electron chi connectivity index (χ3n) is 1.77. The summed E-state index contributed by atoms with van der Waals surface area (Å²) in [7, 11) is 0. The number of rotatable bonds is 2. The highest BCUT2D eigenvalue weighted by molar-refractivity contribution is 7.98. The van der Waals surface area contributed by atoms with Gasteiger partial charge in [-0.15, -0.1) is 23.1 Å². The number of thiophene rings is 1. The third-order valence-corrected chi connectivity index (χ3v) is 3.49. The summed E-state index contributed by atoms with van der Waals surface area (Å²) in [5.74, 6) is -0.890. The van der Waals surface area contributed by atoms with Gasteiger partial charge < -0.3 is 5.11 Å². The van der Waals surface area contributed by atoms with Gasteiger partial charge in [-0.3, -0.25) is 0 Å². The Hall–Kier alpha value is -1.07. The van der Waals surface area contributed by atoms with Crippen LogP contribution >= 0.6 is 23.1 Å². The Morgan fingerprint density at radius 2 is 2.36 bits per heavy atom. The Morgan fingerprint density at radius 3 is 3.00 bits per heavy atom. The number of hydrogen-bond donors (Lipinski definition) is 1. The molecule has 0 saturated heterocycles. The van der Waals surface area contributed by atoms with Crippen molar-refractivity contribution in [2.24, 2.45) is 0 Å². The molecule has 72 valence electrons. The Balaban J connectivity index is 2.60. The molecule has 0 radical (unpaired) electrons. The molecule has 0 fully saturated rings. The predicted molar refractivity (Wildman–Crippen MR) is 58.4 cm³/mol. The van der Waals surface area contributed by atoms with Crippen LogP contribution in [0.5, 0.6) is 0 Å². The van der Waals surface area contributed by atoms with Crippen molar-refractivity contribution in [2.45, 2.75) is 5.03 Å². The molecule has 1 N–H and O–H groups in total. The van der Waals surface area contributed by atoms with Gasteiger partial charge in [-0.05, 0) is 24.5 Å². The highest BCUT2D eigenvalue weighted by atomic mass is 32.2. The summed E-state index contributed by atoms with van der Waals surface area (Å²) in [6.45, 7) is 0. The third kappa shape index (κ3) is 1.60. The van der Waals surface area contributed by atoms with Gasteiger partial charge in [0.25, 0.3) is 0 Å². The van der Waals surface area contributed by atoms with Gasteiger partial charge in [0.2, 0.25) is 0 Å². The predicted octanol–water partition coefficient (Wildman–Crippen LogP) is 2.72. The van der Waals surface area contributed by atoms with Crippen LogP contribution in [0.15, 0.2) is 23.2 Å². The average molecular weight is 225 g/mol. The van der Waals surface area contributed by atoms with Crippen molar-refractivity contribution in [1.82, 2.24) is 4.98 Å². The van der Waals surface area contributed by atoms with Crippen LogP contribution < -0.4 is 0 Å². The summed E-state index contributed by atoms with van der Waals surface area (Å²) in [6.07, 6.45) is 1.94. The minimum Gasteiger partial charge on any atom is -0.477 e. The van der Waals surface area contributed by atoms with Crippen LogP contribution in [0.3, 0.4) is 0 Å². The number of carboxylic acid groups (broad SMARTS) is 1. The molecular weight excluding hydrogens is 218 g/mol. The van der Waals surface area contributed by atoms with E-state index in [-0.39, 0.29) is 0 Å². The molecule has 0 bridgehead atoms. The highest BCUT2D eigenvalue weighted by Gasteiger charge is 2.09. The van der Waals surface area contributed by atoms with Gasteiger partial charge in [-0.25, -0.2) is 9.78 Å². The zero-order valence-electron chi connectivity index (χ0n) is 7.35. The van der Waals surface area contributed by atoms with Crippen LogP contribution in [0.2, 0.25) is 0 Å². The van der Waals surface area contributed by atoms with Crippen molar-refractivity contribution >= 4 is 39.3 Å². The second kappa shape index (κ2) is 3.59. The first kappa shape index (κ1) is 9.48. The lowest BCUT2D eigenvalue weighted by Gasteiger charge is -1.93. The molecule has 0 aliphatic heterocycles. The molecule has 5 heteroatoms. The molecule has 0 aliphatic carbocycles. The smallest absolute Gasteiger partial charge is 0.345 e. The SMILES string of the molecule is CSc1ccc2sc(C(=O)O)cc2n1. The number of aromatic nitrogens is 1. The van der Waals surface area contributed by atoms with Gasteiger partial charge in [0.1, 0.15) is 4.88 Å². The van der Waals surface area contributed by atoms with E-state index in [1.54, 1.807) is 17.8 Å². The second-order valence-corrected chi connectivity index (χ2v) is 4.56. The summed E-state index contributed by atoms with van der Waals surface area (Å²) in [5, 5.41) is 9.70. The van der Waals surface area contributed by atoms with E-state index in [4.69, 9.17) is 5.11 Å². The molecule has 0 aromatic carbocycles. The van der Waals surface area contributed by atoms with E-state index in [2.05, 4.69) is 4.98 Å². The van der Waals surface area contributed by atoms with Crippen LogP contribution in [0.25, 0.3) is 10.2 Å². The fourth-order valence-electron chi connectivity index (χ4n) is 1.12. The molecule has 0 atom stereocenters. The second-order valence-electron chi connectivity index (χ2n) is 2.65. The molecule has 2 rings (SSSR count). The fourth-order valence-corrected chi connectivity index (χ4v) is 2.36. The van der Waals surface area contributed by atoms with Crippen LogP contribution in [-0.4, -0.2) is 22.3 Å². The van der Waals surface area contributed by atoms with Gasteiger partial charge in [0, 0.05) is 0 Å². The van der Waals surface area contributed by atoms with Gasteiger partial charge in [-0.1, -0.05) is 0 Å². The number of hydrogen-bond acceptors (Lipinski definition) is 4. The first-order chi connectivity index (χ1) is 6.70. The van der Waals surface area contributed by atoms with Crippen molar-refractivity contribution in [3.63, 3.8) is 0 Å². The molecule has 2 aromatic rings. The Kier molecular flexibility index (Phi) is 2.43. The number of carbonyl (C=O) groups is 1. The number of fused-ring (bicyclic) bond motifs is 1. The molecule has 0 unspecified atom stereocenters. The minimum atomic E-state index is -0.890. The highest BCUT2D eigenvalue weighted by Crippen LogP contribution is 2.26. The average Bonchev–Trinajstić information content (AvgIpc) is 2.59. The van der Waals surface area contributed by atoms with Crippen LogP contribution in [0, 0.1) is 0 Å². The number of nitrogens with zero attached hydrogens (tertiary/aromatic N) is 1. The molecule has 0 spiro atoms. The fraction of sp³-hybridized carbons (Fsp3) is 0.111. The van der Waals surface area contributed by atoms with E-state index in [0.717, 1.165) is 15.2 Å². The molecule has 14 heavy (non-hydrogen) atoms. The first-order valence-corrected chi connectivity index (χ1v) is 5.92. The molecule has 3 nitrogen and oxygen atoms in total. The zero-order chi connectivity index (χ0) is 10.1. The van der Waals surface area contributed by atoms with E-state index in [0.29, 0.717) is 4.88 Å². The van der Waals surface area contributed by atoms with Crippen LogP contribution in [-0.2, 0) is 0 Å². The number of aromatic carboxylic acids is 1. The van der Waals surface area contributed by atoms with Crippen molar-refractivity contribution in [1.29, 1.82) is 0 Å². The maximum absolute atomic E-state index is 10.7. The summed E-state index contributed by atoms with van der Waals surface area (Å²) in [5.41, 5.74) is 0.763. The molecule has 0 amide bonds. The summed E-state index contributed by atoms with van der Waals surface area (Å²) in [4.78, 5) is 15.3. The van der Waals surface area contributed by atoms with Gasteiger partial charge >= 0.3 is 5.97 Å². The summed E-state index contributed by atoms with van der Waals surface area (Å²) >= 11 is 2.80. The largest absolute Gasteiger partial charge is 0.477 e. The number of pyridine rings is 1. The van der Waals surface area contributed by atoms with E-state index in [9.17, 15) is 4.79 Å². The summed E-state index contributed by atoms with van der Waals surface area (Å²) in [6, 6.07) is 5.42. The molecule has 2 aromatic heterocycles. The maximum atomic E-state index is 10.7. The first-order valence-electron chi connectivity index (χ1n) is 3.88. The van der Waals surface area contributed by atoms with Crippen molar-refractivity contribution in [2.75, 3.05) is 6.26 Å². The Bertz CT molecular complexity index is 493. The van der Waals surface area contributed by atoms with Crippen molar-refractivity contribution in [3.8, 4) is 0 Å². The van der Waals surface area contributed by atoms with Crippen LogP contribution in [0.1, 0.15) is 9.67 Å². The topological polar surface area (TPSA) is 50.2 Å². The lowest BCUT2D eigenvalue weighted by Crippen LogP contribution is -1.89. The van der Waals surface area contributed by atoms with E-state index in [1.807, 2.05) is 18.4 Å². The lowest BCUT2D eigenvalue weighted by molar-refractivity contribution is 0.0702. The van der Waals surface area contributed by atoms with E-state index < -0.39 is 5.97 Å². The van der Waals surface area contributed by atoms with Gasteiger partial charge in [0.15, 0.2) is 0 Å². The normalized spacial score (nSPS) is 10.6. The van der Waals surface area contributed by atoms with E-state index in [1.165, 1.54) is 11.3 Å². The number of thioether (sulfide) groups is 1.